The zero-order chi connectivity index (χ0) is 29.4. The van der Waals surface area contributed by atoms with Gasteiger partial charge in [0.2, 0.25) is 0 Å². The number of piperidine rings is 1. The van der Waals surface area contributed by atoms with Gasteiger partial charge in [-0.05, 0) is 86.8 Å². The highest BCUT2D eigenvalue weighted by atomic mass is 79.9. The fourth-order valence-electron chi connectivity index (χ4n) is 6.62. The van der Waals surface area contributed by atoms with Gasteiger partial charge < -0.3 is 14.5 Å². The molecule has 4 heterocycles. The van der Waals surface area contributed by atoms with Gasteiger partial charge in [0.1, 0.15) is 6.73 Å². The van der Waals surface area contributed by atoms with E-state index in [2.05, 4.69) is 120 Å². The SMILES string of the molecule is Cc1ncccc1/C(=C\C1=COCN(C2CCN(CCc3ccccc3)CC2)C1)CN1CCN(c2ccc(Br)cc2)CC1. The molecule has 7 heteroatoms. The normalized spacial score (nSPS) is 19.7. The van der Waals surface area contributed by atoms with E-state index in [1.54, 1.807) is 0 Å². The fourth-order valence-corrected chi connectivity index (χ4v) is 6.89. The summed E-state index contributed by atoms with van der Waals surface area (Å²) in [5.74, 6) is 0. The van der Waals surface area contributed by atoms with Gasteiger partial charge in [-0.15, -0.1) is 0 Å². The molecule has 0 aliphatic carbocycles. The highest BCUT2D eigenvalue weighted by Crippen LogP contribution is 2.26. The predicted molar refractivity (Wildman–Crippen MR) is 180 cm³/mol. The smallest absolute Gasteiger partial charge is 0.141 e. The van der Waals surface area contributed by atoms with Gasteiger partial charge in [-0.25, -0.2) is 0 Å². The molecule has 2 aromatic carbocycles. The van der Waals surface area contributed by atoms with Crippen LogP contribution in [0.5, 0.6) is 0 Å². The molecule has 226 valence electrons. The lowest BCUT2D eigenvalue weighted by Crippen LogP contribution is -2.47. The van der Waals surface area contributed by atoms with Crippen LogP contribution in [0, 0.1) is 6.92 Å². The molecule has 3 aliphatic rings. The standard InChI is InChI=1S/C36H44BrN5O/c1-29-36(8-5-16-38-29)32(26-40-20-22-41(23-21-40)34-11-9-33(37)10-12-34)24-31-25-42(28-43-27-31)35-14-18-39(19-15-35)17-13-30-6-3-2-4-7-30/h2-12,16,24,27,35H,13-15,17-23,25-26,28H2,1H3/b32-24-. The largest absolute Gasteiger partial charge is 0.485 e. The van der Waals surface area contributed by atoms with Gasteiger partial charge in [0, 0.05) is 85.0 Å². The minimum Gasteiger partial charge on any atom is -0.485 e. The fraction of sp³-hybridized carbons (Fsp3) is 0.417. The number of hydrogen-bond acceptors (Lipinski definition) is 6. The van der Waals surface area contributed by atoms with E-state index in [0.29, 0.717) is 12.8 Å². The third-order valence-corrected chi connectivity index (χ3v) is 9.69. The topological polar surface area (TPSA) is 35.1 Å². The van der Waals surface area contributed by atoms with Crippen LogP contribution < -0.4 is 4.90 Å². The van der Waals surface area contributed by atoms with Crippen LogP contribution in [0.25, 0.3) is 5.57 Å². The summed E-state index contributed by atoms with van der Waals surface area (Å²) in [6.07, 6.45) is 9.80. The second-order valence-electron chi connectivity index (χ2n) is 12.1. The molecule has 0 radical (unpaired) electrons. The number of piperazine rings is 1. The van der Waals surface area contributed by atoms with Crippen molar-refractivity contribution in [1.82, 2.24) is 19.7 Å². The number of aromatic nitrogens is 1. The van der Waals surface area contributed by atoms with Crippen LogP contribution in [0.4, 0.5) is 5.69 Å². The zero-order valence-electron chi connectivity index (χ0n) is 25.4. The van der Waals surface area contributed by atoms with Crippen LogP contribution in [-0.4, -0.2) is 91.4 Å². The van der Waals surface area contributed by atoms with Crippen molar-refractivity contribution < 1.29 is 4.74 Å². The molecule has 3 aliphatic heterocycles. The number of ether oxygens (including phenoxy) is 1. The van der Waals surface area contributed by atoms with Crippen molar-refractivity contribution in [2.45, 2.75) is 32.2 Å². The second-order valence-corrected chi connectivity index (χ2v) is 13.0. The average Bonchev–Trinajstić information content (AvgIpc) is 3.05. The number of anilines is 1. The summed E-state index contributed by atoms with van der Waals surface area (Å²) in [5.41, 5.74) is 7.64. The van der Waals surface area contributed by atoms with Gasteiger partial charge in [-0.3, -0.25) is 14.8 Å². The quantitative estimate of drug-likeness (QED) is 0.275. The summed E-state index contributed by atoms with van der Waals surface area (Å²) in [6, 6.07) is 24.4. The summed E-state index contributed by atoms with van der Waals surface area (Å²) in [7, 11) is 0. The van der Waals surface area contributed by atoms with Crippen molar-refractivity contribution in [3.63, 3.8) is 0 Å². The first-order valence-corrected chi connectivity index (χ1v) is 16.6. The van der Waals surface area contributed by atoms with Crippen molar-refractivity contribution in [2.24, 2.45) is 0 Å². The summed E-state index contributed by atoms with van der Waals surface area (Å²) in [6.45, 7) is 12.3. The molecule has 1 aromatic heterocycles. The maximum absolute atomic E-state index is 6.08. The molecule has 3 aromatic rings. The lowest BCUT2D eigenvalue weighted by Gasteiger charge is -2.39. The van der Waals surface area contributed by atoms with E-state index >= 15 is 0 Å². The van der Waals surface area contributed by atoms with Gasteiger partial charge in [0.15, 0.2) is 0 Å². The Morgan fingerprint density at radius 2 is 1.67 bits per heavy atom. The van der Waals surface area contributed by atoms with Crippen molar-refractivity contribution in [2.75, 3.05) is 70.5 Å². The van der Waals surface area contributed by atoms with Crippen molar-refractivity contribution >= 4 is 27.2 Å². The molecule has 2 saturated heterocycles. The Morgan fingerprint density at radius 1 is 0.907 bits per heavy atom. The average molecular weight is 643 g/mol. The van der Waals surface area contributed by atoms with Crippen molar-refractivity contribution in [1.29, 1.82) is 0 Å². The number of aryl methyl sites for hydroxylation is 1. The van der Waals surface area contributed by atoms with Gasteiger partial charge >= 0.3 is 0 Å². The molecule has 0 amide bonds. The lowest BCUT2D eigenvalue weighted by atomic mass is 9.99. The Bertz CT molecular complexity index is 1380. The Kier molecular flexibility index (Phi) is 10.3. The Labute approximate surface area is 265 Å². The van der Waals surface area contributed by atoms with Gasteiger partial charge in [-0.2, -0.15) is 0 Å². The first-order chi connectivity index (χ1) is 21.1. The third kappa shape index (κ3) is 8.15. The molecule has 0 atom stereocenters. The van der Waals surface area contributed by atoms with E-state index in [0.717, 1.165) is 75.5 Å². The monoisotopic (exact) mass is 641 g/mol. The van der Waals surface area contributed by atoms with E-state index in [9.17, 15) is 0 Å². The number of pyridine rings is 1. The van der Waals surface area contributed by atoms with Crippen molar-refractivity contribution in [3.05, 3.63) is 112 Å². The zero-order valence-corrected chi connectivity index (χ0v) is 27.0. The molecule has 43 heavy (non-hydrogen) atoms. The second kappa shape index (κ2) is 14.7. The summed E-state index contributed by atoms with van der Waals surface area (Å²) in [5, 5.41) is 0. The molecule has 0 N–H and O–H groups in total. The Balaban J connectivity index is 1.07. The molecule has 6 nitrogen and oxygen atoms in total. The number of benzene rings is 2. The van der Waals surface area contributed by atoms with Crippen LogP contribution in [0.3, 0.4) is 0 Å². The van der Waals surface area contributed by atoms with Crippen LogP contribution in [0.1, 0.15) is 29.7 Å². The highest BCUT2D eigenvalue weighted by molar-refractivity contribution is 9.10. The molecule has 6 rings (SSSR count). The number of rotatable bonds is 9. The van der Waals surface area contributed by atoms with Gasteiger partial charge in [0.25, 0.3) is 0 Å². The molecule has 0 saturated carbocycles. The van der Waals surface area contributed by atoms with Crippen LogP contribution in [0.2, 0.25) is 0 Å². The molecule has 0 spiro atoms. The molecular weight excluding hydrogens is 598 g/mol. The number of hydrogen-bond donors (Lipinski definition) is 0. The summed E-state index contributed by atoms with van der Waals surface area (Å²) in [4.78, 5) is 14.9. The molecular formula is C36H44BrN5O. The first-order valence-electron chi connectivity index (χ1n) is 15.8. The maximum atomic E-state index is 6.08. The Morgan fingerprint density at radius 3 is 2.42 bits per heavy atom. The molecule has 0 bridgehead atoms. The molecule has 2 fully saturated rings. The van der Waals surface area contributed by atoms with E-state index in [-0.39, 0.29) is 0 Å². The number of likely N-dealkylation sites (tertiary alicyclic amines) is 1. The van der Waals surface area contributed by atoms with Crippen LogP contribution in [-0.2, 0) is 11.2 Å². The van der Waals surface area contributed by atoms with E-state index in [4.69, 9.17) is 4.74 Å². The molecule has 0 unspecified atom stereocenters. The number of halogens is 1. The highest BCUT2D eigenvalue weighted by Gasteiger charge is 2.27. The maximum Gasteiger partial charge on any atom is 0.141 e. The van der Waals surface area contributed by atoms with Crippen molar-refractivity contribution in [3.8, 4) is 0 Å². The Hall–Kier alpha value is -2.97. The van der Waals surface area contributed by atoms with E-state index < -0.39 is 0 Å². The third-order valence-electron chi connectivity index (χ3n) is 9.16. The van der Waals surface area contributed by atoms with E-state index in [1.165, 1.54) is 40.8 Å². The van der Waals surface area contributed by atoms with Crippen LogP contribution in [0.15, 0.2) is 95.3 Å². The minimum absolute atomic E-state index is 0.570. The summed E-state index contributed by atoms with van der Waals surface area (Å²) >= 11 is 3.56. The lowest BCUT2D eigenvalue weighted by molar-refractivity contribution is 0.0204. The van der Waals surface area contributed by atoms with Gasteiger partial charge in [0.05, 0.1) is 6.26 Å². The van der Waals surface area contributed by atoms with E-state index in [1.807, 2.05) is 12.5 Å². The summed E-state index contributed by atoms with van der Waals surface area (Å²) < 4.78 is 7.20. The first kappa shape index (κ1) is 30.1. The predicted octanol–water partition coefficient (Wildman–Crippen LogP) is 6.24. The van der Waals surface area contributed by atoms with Crippen LogP contribution >= 0.6 is 15.9 Å². The minimum atomic E-state index is 0.570. The number of nitrogens with zero attached hydrogens (tertiary/aromatic N) is 5. The van der Waals surface area contributed by atoms with Gasteiger partial charge in [-0.1, -0.05) is 52.3 Å².